The second-order valence-electron chi connectivity index (χ2n) is 6.61. The van der Waals surface area contributed by atoms with Crippen LogP contribution in [0.4, 0.5) is 5.69 Å². The number of nitrogens with zero attached hydrogens (tertiary/aromatic N) is 5. The van der Waals surface area contributed by atoms with Crippen LogP contribution in [0.5, 0.6) is 0 Å². The Morgan fingerprint density at radius 1 is 1.19 bits per heavy atom. The number of hydrogen-bond donors (Lipinski definition) is 1. The molecule has 2 aromatic carbocycles. The summed E-state index contributed by atoms with van der Waals surface area (Å²) in [7, 11) is 0. The quantitative estimate of drug-likeness (QED) is 0.587. The average Bonchev–Trinajstić information content (AvgIpc) is 3.27. The van der Waals surface area contributed by atoms with Crippen LogP contribution >= 0.6 is 0 Å². The molecule has 5 rings (SSSR count). The van der Waals surface area contributed by atoms with Crippen molar-refractivity contribution in [1.29, 1.82) is 0 Å². The van der Waals surface area contributed by atoms with Crippen molar-refractivity contribution in [3.05, 3.63) is 54.2 Å². The summed E-state index contributed by atoms with van der Waals surface area (Å²) in [4.78, 5) is 12.5. The highest BCUT2D eigenvalue weighted by Crippen LogP contribution is 2.36. The SMILES string of the molecule is O=C(Cc1noc2ccccc12)Nc1cccc(-c2nnnn2C2CC2)c1. The highest BCUT2D eigenvalue weighted by atomic mass is 16.5. The summed E-state index contributed by atoms with van der Waals surface area (Å²) in [5.74, 6) is 0.559. The Bertz CT molecular complexity index is 1130. The van der Waals surface area contributed by atoms with E-state index in [9.17, 15) is 4.79 Å². The van der Waals surface area contributed by atoms with E-state index in [4.69, 9.17) is 4.52 Å². The largest absolute Gasteiger partial charge is 0.356 e. The van der Waals surface area contributed by atoms with Crippen molar-refractivity contribution in [2.24, 2.45) is 0 Å². The molecule has 0 saturated heterocycles. The molecule has 0 aliphatic heterocycles. The number of anilines is 1. The van der Waals surface area contributed by atoms with Gasteiger partial charge in [-0.05, 0) is 47.5 Å². The molecule has 1 aliphatic carbocycles. The van der Waals surface area contributed by atoms with Crippen LogP contribution in [0.3, 0.4) is 0 Å². The molecule has 2 heterocycles. The van der Waals surface area contributed by atoms with Gasteiger partial charge in [-0.25, -0.2) is 4.68 Å². The van der Waals surface area contributed by atoms with Crippen molar-refractivity contribution in [2.75, 3.05) is 5.32 Å². The number of aromatic nitrogens is 5. The fourth-order valence-electron chi connectivity index (χ4n) is 3.11. The molecule has 134 valence electrons. The van der Waals surface area contributed by atoms with Crippen LogP contribution in [0.1, 0.15) is 24.6 Å². The number of carbonyl (C=O) groups is 1. The summed E-state index contributed by atoms with van der Waals surface area (Å²) in [6, 6.07) is 15.4. The fourth-order valence-corrected chi connectivity index (χ4v) is 3.11. The molecule has 2 aromatic heterocycles. The molecule has 4 aromatic rings. The van der Waals surface area contributed by atoms with Crippen molar-refractivity contribution >= 4 is 22.6 Å². The number of amides is 1. The maximum atomic E-state index is 12.5. The van der Waals surface area contributed by atoms with Gasteiger partial charge in [0.2, 0.25) is 5.91 Å². The van der Waals surface area contributed by atoms with E-state index in [0.717, 1.165) is 29.6 Å². The topological polar surface area (TPSA) is 98.7 Å². The van der Waals surface area contributed by atoms with E-state index in [1.165, 1.54) is 0 Å². The minimum atomic E-state index is -0.159. The first kappa shape index (κ1) is 15.7. The number of benzene rings is 2. The van der Waals surface area contributed by atoms with E-state index in [1.54, 1.807) is 0 Å². The zero-order chi connectivity index (χ0) is 18.2. The summed E-state index contributed by atoms with van der Waals surface area (Å²) in [6.07, 6.45) is 2.33. The number of nitrogens with one attached hydrogen (secondary N) is 1. The Morgan fingerprint density at radius 3 is 2.96 bits per heavy atom. The van der Waals surface area contributed by atoms with Gasteiger partial charge in [0.15, 0.2) is 11.4 Å². The molecule has 1 aliphatic rings. The van der Waals surface area contributed by atoms with Crippen molar-refractivity contribution < 1.29 is 9.32 Å². The summed E-state index contributed by atoms with van der Waals surface area (Å²) in [6.45, 7) is 0. The fraction of sp³-hybridized carbons (Fsp3) is 0.211. The lowest BCUT2D eigenvalue weighted by molar-refractivity contribution is -0.115. The molecule has 1 amide bonds. The van der Waals surface area contributed by atoms with Gasteiger partial charge in [-0.2, -0.15) is 0 Å². The van der Waals surface area contributed by atoms with E-state index in [2.05, 4.69) is 26.0 Å². The van der Waals surface area contributed by atoms with Crippen LogP contribution in [0.2, 0.25) is 0 Å². The van der Waals surface area contributed by atoms with Crippen LogP contribution in [0, 0.1) is 0 Å². The van der Waals surface area contributed by atoms with Gasteiger partial charge < -0.3 is 9.84 Å². The maximum absolute atomic E-state index is 12.5. The van der Waals surface area contributed by atoms with Gasteiger partial charge in [0, 0.05) is 16.6 Å². The normalized spacial score (nSPS) is 13.8. The third kappa shape index (κ3) is 3.05. The van der Waals surface area contributed by atoms with Crippen LogP contribution in [0.25, 0.3) is 22.4 Å². The van der Waals surface area contributed by atoms with Crippen LogP contribution in [-0.2, 0) is 11.2 Å². The highest BCUT2D eigenvalue weighted by Gasteiger charge is 2.28. The molecule has 0 spiro atoms. The average molecular weight is 360 g/mol. The van der Waals surface area contributed by atoms with Gasteiger partial charge in [-0.15, -0.1) is 5.10 Å². The molecule has 1 saturated carbocycles. The van der Waals surface area contributed by atoms with Crippen molar-refractivity contribution in [3.63, 3.8) is 0 Å². The summed E-state index contributed by atoms with van der Waals surface area (Å²) < 4.78 is 7.10. The monoisotopic (exact) mass is 360 g/mol. The number of tetrazole rings is 1. The minimum absolute atomic E-state index is 0.140. The lowest BCUT2D eigenvalue weighted by Gasteiger charge is -2.07. The second-order valence-corrected chi connectivity index (χ2v) is 6.61. The van der Waals surface area contributed by atoms with Gasteiger partial charge in [-0.3, -0.25) is 4.79 Å². The van der Waals surface area contributed by atoms with Crippen LogP contribution in [-0.4, -0.2) is 31.3 Å². The van der Waals surface area contributed by atoms with E-state index < -0.39 is 0 Å². The predicted molar refractivity (Wildman–Crippen MR) is 97.9 cm³/mol. The Hall–Kier alpha value is -3.55. The van der Waals surface area contributed by atoms with E-state index >= 15 is 0 Å². The molecule has 0 unspecified atom stereocenters. The first-order chi connectivity index (χ1) is 13.3. The second kappa shape index (κ2) is 6.31. The molecular weight excluding hydrogens is 344 g/mol. The summed E-state index contributed by atoms with van der Waals surface area (Å²) >= 11 is 0. The zero-order valence-corrected chi connectivity index (χ0v) is 14.4. The van der Waals surface area contributed by atoms with Gasteiger partial charge in [-0.1, -0.05) is 29.4 Å². The summed E-state index contributed by atoms with van der Waals surface area (Å²) in [5.41, 5.74) is 2.86. The molecule has 1 N–H and O–H groups in total. The molecule has 27 heavy (non-hydrogen) atoms. The number of fused-ring (bicyclic) bond motifs is 1. The lowest BCUT2D eigenvalue weighted by atomic mass is 10.1. The Balaban J connectivity index is 1.35. The Morgan fingerprint density at radius 2 is 2.07 bits per heavy atom. The predicted octanol–water partition coefficient (Wildman–Crippen LogP) is 3.00. The lowest BCUT2D eigenvalue weighted by Crippen LogP contribution is -2.14. The molecular formula is C19H16N6O2. The van der Waals surface area contributed by atoms with Crippen molar-refractivity contribution in [3.8, 4) is 11.4 Å². The van der Waals surface area contributed by atoms with Crippen LogP contribution in [0.15, 0.2) is 53.1 Å². The number of rotatable bonds is 5. The molecule has 8 nitrogen and oxygen atoms in total. The summed E-state index contributed by atoms with van der Waals surface area (Å²) in [5, 5.41) is 19.8. The molecule has 1 fully saturated rings. The molecule has 8 heteroatoms. The zero-order valence-electron chi connectivity index (χ0n) is 14.4. The number of hydrogen-bond acceptors (Lipinski definition) is 6. The first-order valence-corrected chi connectivity index (χ1v) is 8.79. The van der Waals surface area contributed by atoms with Gasteiger partial charge in [0.25, 0.3) is 0 Å². The van der Waals surface area contributed by atoms with Gasteiger partial charge >= 0.3 is 0 Å². The smallest absolute Gasteiger partial charge is 0.230 e. The third-order valence-electron chi connectivity index (χ3n) is 4.57. The molecule has 0 atom stereocenters. The third-order valence-corrected chi connectivity index (χ3v) is 4.57. The Kier molecular flexibility index (Phi) is 3.67. The van der Waals surface area contributed by atoms with E-state index in [1.807, 2.05) is 53.2 Å². The first-order valence-electron chi connectivity index (χ1n) is 8.79. The maximum Gasteiger partial charge on any atom is 0.230 e. The number of para-hydroxylation sites is 1. The highest BCUT2D eigenvalue weighted by molar-refractivity contribution is 5.95. The van der Waals surface area contributed by atoms with Crippen molar-refractivity contribution in [1.82, 2.24) is 25.4 Å². The van der Waals surface area contributed by atoms with E-state index in [0.29, 0.717) is 23.0 Å². The van der Waals surface area contributed by atoms with Gasteiger partial charge in [0.1, 0.15) is 5.69 Å². The standard InChI is InChI=1S/C19H16N6O2/c26-18(11-16-15-6-1-2-7-17(15)27-22-16)20-13-5-3-4-12(10-13)19-21-23-24-25(19)14-8-9-14/h1-7,10,14H,8-9,11H2,(H,20,26). The molecule has 0 radical (unpaired) electrons. The minimum Gasteiger partial charge on any atom is -0.356 e. The molecule has 0 bridgehead atoms. The van der Waals surface area contributed by atoms with Crippen molar-refractivity contribution in [2.45, 2.75) is 25.3 Å². The van der Waals surface area contributed by atoms with Gasteiger partial charge in [0.05, 0.1) is 12.5 Å². The van der Waals surface area contributed by atoms with Crippen LogP contribution < -0.4 is 5.32 Å². The van der Waals surface area contributed by atoms with E-state index in [-0.39, 0.29) is 12.3 Å². The number of carbonyl (C=O) groups excluding carboxylic acids is 1. The Labute approximate surface area is 154 Å².